The van der Waals surface area contributed by atoms with Crippen LogP contribution >= 0.6 is 0 Å². The van der Waals surface area contributed by atoms with Crippen LogP contribution in [0.3, 0.4) is 0 Å². The number of carbonyl (C=O) groups is 1. The molecule has 0 saturated heterocycles. The number of hydrogen-bond acceptors (Lipinski definition) is 2. The van der Waals surface area contributed by atoms with Crippen molar-refractivity contribution >= 4 is 5.78 Å². The van der Waals surface area contributed by atoms with Crippen molar-refractivity contribution in [3.63, 3.8) is 0 Å². The summed E-state index contributed by atoms with van der Waals surface area (Å²) < 4.78 is 5.32. The smallest absolute Gasteiger partial charge is 0.196 e. The summed E-state index contributed by atoms with van der Waals surface area (Å²) in [5.74, 6) is 0.649. The average Bonchev–Trinajstić information content (AvgIpc) is 2.53. The van der Waals surface area contributed by atoms with Gasteiger partial charge in [-0.2, -0.15) is 0 Å². The number of carbonyl (C=O) groups excluding carboxylic acids is 1. The zero-order valence-corrected chi connectivity index (χ0v) is 13.2. The van der Waals surface area contributed by atoms with E-state index in [2.05, 4.69) is 19.9 Å². The minimum Gasteiger partial charge on any atom is -0.496 e. The second-order valence-electron chi connectivity index (χ2n) is 5.22. The van der Waals surface area contributed by atoms with Gasteiger partial charge in [-0.1, -0.05) is 37.6 Å². The molecule has 0 bridgehead atoms. The van der Waals surface area contributed by atoms with E-state index in [1.165, 1.54) is 11.1 Å². The first-order valence-corrected chi connectivity index (χ1v) is 7.41. The van der Waals surface area contributed by atoms with Crippen LogP contribution in [0.25, 0.3) is 0 Å². The average molecular weight is 282 g/mol. The summed E-state index contributed by atoms with van der Waals surface area (Å²) in [4.78, 5) is 12.8. The molecular formula is C19H22O2. The van der Waals surface area contributed by atoms with Crippen molar-refractivity contribution in [3.05, 3.63) is 64.2 Å². The Bertz CT molecular complexity index is 657. The van der Waals surface area contributed by atoms with E-state index in [9.17, 15) is 4.79 Å². The van der Waals surface area contributed by atoms with Gasteiger partial charge in [0, 0.05) is 5.56 Å². The molecule has 0 radical (unpaired) electrons. The van der Waals surface area contributed by atoms with Gasteiger partial charge in [-0.25, -0.2) is 0 Å². The van der Waals surface area contributed by atoms with Crippen molar-refractivity contribution < 1.29 is 9.53 Å². The van der Waals surface area contributed by atoms with Crippen LogP contribution < -0.4 is 4.74 Å². The largest absolute Gasteiger partial charge is 0.496 e. The van der Waals surface area contributed by atoms with E-state index < -0.39 is 0 Å². The lowest BCUT2D eigenvalue weighted by atomic mass is 9.95. The monoisotopic (exact) mass is 282 g/mol. The van der Waals surface area contributed by atoms with Gasteiger partial charge in [-0.3, -0.25) is 4.79 Å². The highest BCUT2D eigenvalue weighted by molar-refractivity contribution is 6.11. The summed E-state index contributed by atoms with van der Waals surface area (Å²) in [5.41, 5.74) is 4.97. The lowest BCUT2D eigenvalue weighted by Gasteiger charge is -2.11. The molecule has 2 aromatic carbocycles. The first-order chi connectivity index (χ1) is 10.1. The van der Waals surface area contributed by atoms with E-state index in [4.69, 9.17) is 4.74 Å². The molecule has 0 saturated carbocycles. The van der Waals surface area contributed by atoms with E-state index in [1.807, 2.05) is 37.3 Å². The van der Waals surface area contributed by atoms with Crippen LogP contribution in [0.4, 0.5) is 0 Å². The fourth-order valence-electron chi connectivity index (χ4n) is 2.60. The highest BCUT2D eigenvalue weighted by atomic mass is 16.5. The summed E-state index contributed by atoms with van der Waals surface area (Å²) >= 11 is 0. The standard InChI is InChI=1S/C19H22O2/c1-5-14-8-9-16(12-15(14)6-2)19(20)17-11-13(3)7-10-18(17)21-4/h7-12H,5-6H2,1-4H3. The molecule has 0 atom stereocenters. The quantitative estimate of drug-likeness (QED) is 0.762. The first kappa shape index (κ1) is 15.3. The molecule has 0 spiro atoms. The van der Waals surface area contributed by atoms with Crippen molar-refractivity contribution in [2.75, 3.05) is 7.11 Å². The lowest BCUT2D eigenvalue weighted by Crippen LogP contribution is -2.06. The van der Waals surface area contributed by atoms with E-state index in [1.54, 1.807) is 7.11 Å². The number of ether oxygens (including phenoxy) is 1. The Morgan fingerprint density at radius 2 is 1.71 bits per heavy atom. The van der Waals surface area contributed by atoms with Crippen LogP contribution in [0.1, 0.15) is 46.5 Å². The molecule has 0 fully saturated rings. The number of hydrogen-bond donors (Lipinski definition) is 0. The van der Waals surface area contributed by atoms with Gasteiger partial charge in [0.15, 0.2) is 5.78 Å². The zero-order chi connectivity index (χ0) is 15.4. The number of aryl methyl sites for hydroxylation is 3. The molecule has 2 nitrogen and oxygen atoms in total. The number of ketones is 1. The van der Waals surface area contributed by atoms with Gasteiger partial charge < -0.3 is 4.74 Å². The fourth-order valence-corrected chi connectivity index (χ4v) is 2.60. The van der Waals surface area contributed by atoms with E-state index in [-0.39, 0.29) is 5.78 Å². The molecule has 2 rings (SSSR count). The molecule has 2 aromatic rings. The summed E-state index contributed by atoms with van der Waals surface area (Å²) in [6.45, 7) is 6.24. The molecule has 0 N–H and O–H groups in total. The van der Waals surface area contributed by atoms with Crippen molar-refractivity contribution in [2.24, 2.45) is 0 Å². The topological polar surface area (TPSA) is 26.3 Å². The predicted molar refractivity (Wildman–Crippen MR) is 86.4 cm³/mol. The maximum Gasteiger partial charge on any atom is 0.196 e. The number of methoxy groups -OCH3 is 1. The Morgan fingerprint density at radius 1 is 1.00 bits per heavy atom. The van der Waals surface area contributed by atoms with Gasteiger partial charge in [0.05, 0.1) is 12.7 Å². The maximum absolute atomic E-state index is 12.8. The van der Waals surface area contributed by atoms with E-state index in [0.717, 1.165) is 24.0 Å². The Hall–Kier alpha value is -2.09. The molecule has 21 heavy (non-hydrogen) atoms. The molecule has 0 aliphatic carbocycles. The van der Waals surface area contributed by atoms with Crippen molar-refractivity contribution in [1.82, 2.24) is 0 Å². The van der Waals surface area contributed by atoms with E-state index in [0.29, 0.717) is 11.3 Å². The maximum atomic E-state index is 12.8. The second-order valence-corrected chi connectivity index (χ2v) is 5.22. The van der Waals surface area contributed by atoms with Crippen molar-refractivity contribution in [2.45, 2.75) is 33.6 Å². The molecule has 0 heterocycles. The first-order valence-electron chi connectivity index (χ1n) is 7.41. The molecule has 0 amide bonds. The highest BCUT2D eigenvalue weighted by Gasteiger charge is 2.15. The van der Waals surface area contributed by atoms with Crippen LogP contribution in [-0.2, 0) is 12.8 Å². The van der Waals surface area contributed by atoms with Crippen LogP contribution in [-0.4, -0.2) is 12.9 Å². The Kier molecular flexibility index (Phi) is 4.79. The van der Waals surface area contributed by atoms with Crippen molar-refractivity contribution in [1.29, 1.82) is 0 Å². The molecule has 2 heteroatoms. The van der Waals surface area contributed by atoms with Gasteiger partial charge >= 0.3 is 0 Å². The lowest BCUT2D eigenvalue weighted by molar-refractivity contribution is 0.103. The fraction of sp³-hybridized carbons (Fsp3) is 0.316. The van der Waals surface area contributed by atoms with Gasteiger partial charge in [-0.15, -0.1) is 0 Å². The van der Waals surface area contributed by atoms with Gasteiger partial charge in [0.1, 0.15) is 5.75 Å². The number of rotatable bonds is 5. The van der Waals surface area contributed by atoms with Gasteiger partial charge in [0.25, 0.3) is 0 Å². The molecule has 0 unspecified atom stereocenters. The van der Waals surface area contributed by atoms with Crippen molar-refractivity contribution in [3.8, 4) is 5.75 Å². The summed E-state index contributed by atoms with van der Waals surface area (Å²) in [6.07, 6.45) is 1.93. The summed E-state index contributed by atoms with van der Waals surface area (Å²) in [5, 5.41) is 0. The Balaban J connectivity index is 2.47. The van der Waals surface area contributed by atoms with Crippen LogP contribution in [0.5, 0.6) is 5.75 Å². The molecule has 110 valence electrons. The minimum absolute atomic E-state index is 0.0212. The SMILES string of the molecule is CCc1ccc(C(=O)c2cc(C)ccc2OC)cc1CC. The van der Waals surface area contributed by atoms with Gasteiger partial charge in [-0.05, 0) is 49.1 Å². The predicted octanol–water partition coefficient (Wildman–Crippen LogP) is 4.36. The zero-order valence-electron chi connectivity index (χ0n) is 13.2. The van der Waals surface area contributed by atoms with Crippen LogP contribution in [0.15, 0.2) is 36.4 Å². The Morgan fingerprint density at radius 3 is 2.33 bits per heavy atom. The summed E-state index contributed by atoms with van der Waals surface area (Å²) in [7, 11) is 1.60. The molecule has 0 aromatic heterocycles. The summed E-state index contributed by atoms with van der Waals surface area (Å²) in [6, 6.07) is 11.7. The minimum atomic E-state index is 0.0212. The number of benzene rings is 2. The van der Waals surface area contributed by atoms with Crippen LogP contribution in [0.2, 0.25) is 0 Å². The van der Waals surface area contributed by atoms with Crippen LogP contribution in [0, 0.1) is 6.92 Å². The Labute approximate surface area is 126 Å². The van der Waals surface area contributed by atoms with E-state index >= 15 is 0 Å². The molecular weight excluding hydrogens is 260 g/mol. The molecule has 0 aliphatic rings. The molecule has 0 aliphatic heterocycles. The third-order valence-electron chi connectivity index (χ3n) is 3.83. The van der Waals surface area contributed by atoms with Gasteiger partial charge in [0.2, 0.25) is 0 Å². The third-order valence-corrected chi connectivity index (χ3v) is 3.83. The normalized spacial score (nSPS) is 10.5. The highest BCUT2D eigenvalue weighted by Crippen LogP contribution is 2.24. The third kappa shape index (κ3) is 3.15. The second kappa shape index (κ2) is 6.57.